The summed E-state index contributed by atoms with van der Waals surface area (Å²) in [6.45, 7) is 1.52. The van der Waals surface area contributed by atoms with Gasteiger partial charge in [-0.3, -0.25) is 4.31 Å². The number of nitrogen functional groups attached to an aromatic ring is 1. The van der Waals surface area contributed by atoms with Gasteiger partial charge in [-0.05, 0) is 13.0 Å². The molecule has 8 nitrogen and oxygen atoms in total. The topological polar surface area (TPSA) is 114 Å². The summed E-state index contributed by atoms with van der Waals surface area (Å²) in [5.41, 5.74) is 5.21. The van der Waals surface area contributed by atoms with Gasteiger partial charge in [0.25, 0.3) is 0 Å². The molecule has 0 fully saturated rings. The summed E-state index contributed by atoms with van der Waals surface area (Å²) in [6.07, 6.45) is -3.09. The van der Waals surface area contributed by atoms with E-state index in [-0.39, 0.29) is 18.3 Å². The standard InChI is InChI=1S/C14H17F3N6O2S/c1-8-4-5-9(12(21-8)23(2)26(3,24)25)6-19-11-10(14(15,16)17)7-20-13(18)22-11/h4-5,7H,6H2,1-3H3,(H3,18,19,20,22). The fraction of sp³-hybridized carbons (Fsp3) is 0.357. The van der Waals surface area contributed by atoms with Gasteiger partial charge in [-0.2, -0.15) is 18.2 Å². The van der Waals surface area contributed by atoms with Crippen LogP contribution in [0.1, 0.15) is 16.8 Å². The fourth-order valence-electron chi connectivity index (χ4n) is 2.06. The molecule has 3 N–H and O–H groups in total. The Morgan fingerprint density at radius 3 is 2.50 bits per heavy atom. The summed E-state index contributed by atoms with van der Waals surface area (Å²) in [5, 5.41) is 2.53. The lowest BCUT2D eigenvalue weighted by molar-refractivity contribution is -0.137. The van der Waals surface area contributed by atoms with Gasteiger partial charge in [-0.25, -0.2) is 18.4 Å². The van der Waals surface area contributed by atoms with E-state index in [1.807, 2.05) is 0 Å². The van der Waals surface area contributed by atoms with Crippen LogP contribution in [0.5, 0.6) is 0 Å². The third-order valence-corrected chi connectivity index (χ3v) is 4.62. The minimum Gasteiger partial charge on any atom is -0.368 e. The zero-order valence-electron chi connectivity index (χ0n) is 14.2. The van der Waals surface area contributed by atoms with Gasteiger partial charge in [-0.15, -0.1) is 0 Å². The molecule has 2 aromatic rings. The SMILES string of the molecule is Cc1ccc(CNc2nc(N)ncc2C(F)(F)F)c(N(C)S(C)(=O)=O)n1. The molecule has 0 amide bonds. The summed E-state index contributed by atoms with van der Waals surface area (Å²) in [6, 6.07) is 3.19. The molecule has 0 bridgehead atoms. The zero-order valence-corrected chi connectivity index (χ0v) is 15.0. The highest BCUT2D eigenvalue weighted by Crippen LogP contribution is 2.34. The number of hydrogen-bond donors (Lipinski definition) is 2. The number of halogens is 3. The van der Waals surface area contributed by atoms with Gasteiger partial charge in [0.05, 0.1) is 6.26 Å². The van der Waals surface area contributed by atoms with Crippen LogP contribution in [0.25, 0.3) is 0 Å². The minimum atomic E-state index is -4.67. The molecule has 2 rings (SSSR count). The van der Waals surface area contributed by atoms with Crippen molar-refractivity contribution in [3.05, 3.63) is 35.2 Å². The maximum atomic E-state index is 13.1. The largest absolute Gasteiger partial charge is 0.421 e. The van der Waals surface area contributed by atoms with E-state index in [1.165, 1.54) is 7.05 Å². The Labute approximate surface area is 148 Å². The molecule has 0 aromatic carbocycles. The maximum Gasteiger partial charge on any atom is 0.421 e. The van der Waals surface area contributed by atoms with Crippen molar-refractivity contribution >= 4 is 27.6 Å². The Hall–Kier alpha value is -2.63. The van der Waals surface area contributed by atoms with Crippen molar-refractivity contribution < 1.29 is 21.6 Å². The number of nitrogens with two attached hydrogens (primary N) is 1. The molecule has 0 saturated heterocycles. The molecule has 0 aliphatic heterocycles. The first-order chi connectivity index (χ1) is 11.9. The second kappa shape index (κ2) is 6.94. The number of rotatable bonds is 5. The van der Waals surface area contributed by atoms with E-state index >= 15 is 0 Å². The summed E-state index contributed by atoms with van der Waals surface area (Å²) in [5.74, 6) is -0.717. The second-order valence-electron chi connectivity index (χ2n) is 5.51. The number of hydrogen-bond acceptors (Lipinski definition) is 7. The third-order valence-electron chi connectivity index (χ3n) is 3.45. The summed E-state index contributed by atoms with van der Waals surface area (Å²) >= 11 is 0. The number of alkyl halides is 3. The Kier molecular flexibility index (Phi) is 5.26. The van der Waals surface area contributed by atoms with E-state index in [4.69, 9.17) is 5.73 Å². The van der Waals surface area contributed by atoms with Gasteiger partial charge in [0, 0.05) is 31.0 Å². The van der Waals surface area contributed by atoms with Gasteiger partial charge in [0.15, 0.2) is 0 Å². The number of nitrogens with zero attached hydrogens (tertiary/aromatic N) is 4. The van der Waals surface area contributed by atoms with Crippen molar-refractivity contribution in [2.45, 2.75) is 19.6 Å². The predicted octanol–water partition coefficient (Wildman–Crippen LogP) is 1.79. The van der Waals surface area contributed by atoms with Crippen molar-refractivity contribution in [3.63, 3.8) is 0 Å². The lowest BCUT2D eigenvalue weighted by Crippen LogP contribution is -2.27. The molecule has 0 radical (unpaired) electrons. The van der Waals surface area contributed by atoms with E-state index in [9.17, 15) is 21.6 Å². The van der Waals surface area contributed by atoms with Crippen molar-refractivity contribution in [2.24, 2.45) is 0 Å². The summed E-state index contributed by atoms with van der Waals surface area (Å²) in [7, 11) is -2.29. The molecule has 12 heteroatoms. The highest BCUT2D eigenvalue weighted by molar-refractivity contribution is 7.92. The number of anilines is 3. The van der Waals surface area contributed by atoms with Crippen LogP contribution in [0.3, 0.4) is 0 Å². The quantitative estimate of drug-likeness (QED) is 0.800. The van der Waals surface area contributed by atoms with Crippen LogP contribution in [0.2, 0.25) is 0 Å². The zero-order chi connectivity index (χ0) is 19.7. The van der Waals surface area contributed by atoms with E-state index < -0.39 is 27.6 Å². The van der Waals surface area contributed by atoms with Crippen molar-refractivity contribution in [2.75, 3.05) is 28.7 Å². The third kappa shape index (κ3) is 4.50. The molecule has 0 aliphatic carbocycles. The predicted molar refractivity (Wildman–Crippen MR) is 91.0 cm³/mol. The average molecular weight is 390 g/mol. The first kappa shape index (κ1) is 19.7. The van der Waals surface area contributed by atoms with Crippen molar-refractivity contribution in [1.82, 2.24) is 15.0 Å². The van der Waals surface area contributed by atoms with Crippen LogP contribution >= 0.6 is 0 Å². The molecule has 0 aliphatic rings. The Morgan fingerprint density at radius 1 is 1.27 bits per heavy atom. The van der Waals surface area contributed by atoms with E-state index in [0.29, 0.717) is 17.5 Å². The fourth-order valence-corrected chi connectivity index (χ4v) is 2.53. The number of nitrogens with one attached hydrogen (secondary N) is 1. The minimum absolute atomic E-state index is 0.107. The molecular weight excluding hydrogens is 373 g/mol. The second-order valence-corrected chi connectivity index (χ2v) is 7.52. The lowest BCUT2D eigenvalue weighted by Gasteiger charge is -2.20. The Morgan fingerprint density at radius 2 is 1.92 bits per heavy atom. The van der Waals surface area contributed by atoms with Gasteiger partial charge < -0.3 is 11.1 Å². The first-order valence-electron chi connectivity index (χ1n) is 7.23. The van der Waals surface area contributed by atoms with Crippen LogP contribution in [-0.2, 0) is 22.7 Å². The van der Waals surface area contributed by atoms with Crippen LogP contribution in [0.15, 0.2) is 18.3 Å². The average Bonchev–Trinajstić information content (AvgIpc) is 2.50. The molecular formula is C14H17F3N6O2S. The molecule has 0 spiro atoms. The van der Waals surface area contributed by atoms with Crippen molar-refractivity contribution in [3.8, 4) is 0 Å². The number of aromatic nitrogens is 3. The molecule has 2 aromatic heterocycles. The number of aryl methyl sites for hydroxylation is 1. The van der Waals surface area contributed by atoms with E-state index in [0.717, 1.165) is 10.6 Å². The highest BCUT2D eigenvalue weighted by Gasteiger charge is 2.35. The lowest BCUT2D eigenvalue weighted by atomic mass is 10.2. The number of pyridine rings is 1. The van der Waals surface area contributed by atoms with Crippen LogP contribution in [0.4, 0.5) is 30.8 Å². The van der Waals surface area contributed by atoms with E-state index in [1.54, 1.807) is 19.1 Å². The summed E-state index contributed by atoms with van der Waals surface area (Å²) < 4.78 is 63.7. The van der Waals surface area contributed by atoms with Gasteiger partial charge in [-0.1, -0.05) is 6.07 Å². The van der Waals surface area contributed by atoms with Gasteiger partial charge in [0.2, 0.25) is 16.0 Å². The number of sulfonamides is 1. The highest BCUT2D eigenvalue weighted by atomic mass is 32.2. The van der Waals surface area contributed by atoms with Crippen LogP contribution in [0, 0.1) is 6.92 Å². The Bertz CT molecular complexity index is 917. The van der Waals surface area contributed by atoms with Gasteiger partial charge >= 0.3 is 6.18 Å². The monoisotopic (exact) mass is 390 g/mol. The maximum absolute atomic E-state index is 13.1. The molecule has 0 unspecified atom stereocenters. The van der Waals surface area contributed by atoms with Gasteiger partial charge in [0.1, 0.15) is 17.2 Å². The molecule has 142 valence electrons. The molecule has 26 heavy (non-hydrogen) atoms. The normalized spacial score (nSPS) is 12.1. The smallest absolute Gasteiger partial charge is 0.368 e. The first-order valence-corrected chi connectivity index (χ1v) is 9.08. The Balaban J connectivity index is 2.39. The summed E-state index contributed by atoms with van der Waals surface area (Å²) in [4.78, 5) is 11.1. The van der Waals surface area contributed by atoms with E-state index in [2.05, 4.69) is 20.3 Å². The van der Waals surface area contributed by atoms with Crippen LogP contribution in [-0.4, -0.2) is 36.7 Å². The molecule has 0 saturated carbocycles. The molecule has 0 atom stereocenters. The van der Waals surface area contributed by atoms with Crippen molar-refractivity contribution in [1.29, 1.82) is 0 Å². The van der Waals surface area contributed by atoms with Crippen LogP contribution < -0.4 is 15.4 Å². The molecule has 2 heterocycles.